The molecule has 0 bridgehead atoms. The fraction of sp³-hybridized carbons (Fsp3) is 0.556. The van der Waals surface area contributed by atoms with Crippen LogP contribution >= 0.6 is 0 Å². The molecule has 1 N–H and O–H groups in total. The molecule has 132 valence electrons. The maximum Gasteiger partial charge on any atom is 0.410 e. The summed E-state index contributed by atoms with van der Waals surface area (Å²) in [6, 6.07) is 6.81. The summed E-state index contributed by atoms with van der Waals surface area (Å²) < 4.78 is 10.3. The van der Waals surface area contributed by atoms with E-state index < -0.39 is 17.6 Å². The zero-order valence-electron chi connectivity index (χ0n) is 14.6. The maximum atomic E-state index is 12.3. The lowest BCUT2D eigenvalue weighted by atomic mass is 9.80. The number of esters is 1. The second-order valence-electron chi connectivity index (χ2n) is 7.04. The monoisotopic (exact) mass is 335 g/mol. The summed E-state index contributed by atoms with van der Waals surface area (Å²) in [7, 11) is 1.35. The van der Waals surface area contributed by atoms with Crippen LogP contribution in [0, 0.1) is 5.92 Å². The Morgan fingerprint density at radius 3 is 2.38 bits per heavy atom. The highest BCUT2D eigenvalue weighted by atomic mass is 16.6. The lowest BCUT2D eigenvalue weighted by Crippen LogP contribution is -2.47. The van der Waals surface area contributed by atoms with Gasteiger partial charge >= 0.3 is 12.1 Å². The number of piperidine rings is 1. The summed E-state index contributed by atoms with van der Waals surface area (Å²) in [6.07, 6.45) is 0.213. The van der Waals surface area contributed by atoms with Gasteiger partial charge in [0.15, 0.2) is 0 Å². The lowest BCUT2D eigenvalue weighted by molar-refractivity contribution is -0.148. The number of phenolic OH excluding ortho intramolecular Hbond substituents is 1. The number of methoxy groups -OCH3 is 1. The SMILES string of the molecule is COC(=O)C1CN(C(=O)OC(C)(C)C)CCC1c1ccc(O)cc1. The largest absolute Gasteiger partial charge is 0.508 e. The third kappa shape index (κ3) is 4.40. The summed E-state index contributed by atoms with van der Waals surface area (Å²) >= 11 is 0. The molecule has 1 heterocycles. The van der Waals surface area contributed by atoms with Gasteiger partial charge in [-0.2, -0.15) is 0 Å². The third-order valence-corrected chi connectivity index (χ3v) is 4.09. The highest BCUT2D eigenvalue weighted by Gasteiger charge is 2.38. The van der Waals surface area contributed by atoms with Crippen molar-refractivity contribution >= 4 is 12.1 Å². The standard InChI is InChI=1S/C18H25NO5/c1-18(2,3)24-17(22)19-10-9-14(15(11-19)16(21)23-4)12-5-7-13(20)8-6-12/h5-8,14-15,20H,9-11H2,1-4H3. The third-order valence-electron chi connectivity index (χ3n) is 4.09. The molecule has 1 aromatic rings. The first-order valence-corrected chi connectivity index (χ1v) is 8.06. The fourth-order valence-electron chi connectivity index (χ4n) is 2.96. The van der Waals surface area contributed by atoms with Gasteiger partial charge in [-0.3, -0.25) is 4.79 Å². The minimum Gasteiger partial charge on any atom is -0.508 e. The summed E-state index contributed by atoms with van der Waals surface area (Å²) in [6.45, 7) is 6.20. The molecule has 1 aromatic carbocycles. The van der Waals surface area contributed by atoms with Gasteiger partial charge in [0, 0.05) is 19.0 Å². The van der Waals surface area contributed by atoms with E-state index in [2.05, 4.69) is 0 Å². The molecule has 2 atom stereocenters. The Kier molecular flexibility index (Phi) is 5.36. The van der Waals surface area contributed by atoms with E-state index >= 15 is 0 Å². The van der Waals surface area contributed by atoms with E-state index in [0.29, 0.717) is 13.0 Å². The first-order valence-electron chi connectivity index (χ1n) is 8.06. The Morgan fingerprint density at radius 2 is 1.83 bits per heavy atom. The second kappa shape index (κ2) is 7.11. The van der Waals surface area contributed by atoms with Gasteiger partial charge in [-0.1, -0.05) is 12.1 Å². The van der Waals surface area contributed by atoms with Crippen molar-refractivity contribution in [2.75, 3.05) is 20.2 Å². The molecule has 2 unspecified atom stereocenters. The van der Waals surface area contributed by atoms with Crippen LogP contribution < -0.4 is 0 Å². The van der Waals surface area contributed by atoms with E-state index in [1.54, 1.807) is 29.2 Å². The maximum absolute atomic E-state index is 12.3. The average Bonchev–Trinajstić information content (AvgIpc) is 2.52. The van der Waals surface area contributed by atoms with Crippen LogP contribution in [0.15, 0.2) is 24.3 Å². The summed E-state index contributed by atoms with van der Waals surface area (Å²) in [5.74, 6) is -0.682. The number of phenols is 1. The van der Waals surface area contributed by atoms with Crippen molar-refractivity contribution in [1.29, 1.82) is 0 Å². The fourth-order valence-corrected chi connectivity index (χ4v) is 2.96. The van der Waals surface area contributed by atoms with Crippen LogP contribution in [0.4, 0.5) is 4.79 Å². The van der Waals surface area contributed by atoms with Crippen molar-refractivity contribution in [3.05, 3.63) is 29.8 Å². The van der Waals surface area contributed by atoms with Crippen LogP contribution in [0.5, 0.6) is 5.75 Å². The Balaban J connectivity index is 2.17. The molecule has 1 saturated heterocycles. The number of aromatic hydroxyl groups is 1. The van der Waals surface area contributed by atoms with E-state index in [-0.39, 0.29) is 24.2 Å². The molecule has 1 aliphatic heterocycles. The van der Waals surface area contributed by atoms with E-state index in [9.17, 15) is 14.7 Å². The van der Waals surface area contributed by atoms with Crippen molar-refractivity contribution < 1.29 is 24.2 Å². The van der Waals surface area contributed by atoms with Gasteiger partial charge in [0.2, 0.25) is 0 Å². The van der Waals surface area contributed by atoms with Crippen LogP contribution in [0.1, 0.15) is 38.7 Å². The summed E-state index contributed by atoms with van der Waals surface area (Å²) in [5, 5.41) is 9.44. The van der Waals surface area contributed by atoms with Crippen LogP contribution in [-0.2, 0) is 14.3 Å². The van der Waals surface area contributed by atoms with Crippen LogP contribution in [0.2, 0.25) is 0 Å². The van der Waals surface area contributed by atoms with Gasteiger partial charge in [0.05, 0.1) is 13.0 Å². The number of hydrogen-bond donors (Lipinski definition) is 1. The predicted molar refractivity (Wildman–Crippen MR) is 88.8 cm³/mol. The molecule has 2 rings (SSSR count). The highest BCUT2D eigenvalue weighted by molar-refractivity contribution is 5.76. The Bertz CT molecular complexity index is 590. The molecule has 6 nitrogen and oxygen atoms in total. The van der Waals surface area contributed by atoms with Gasteiger partial charge in [0.1, 0.15) is 11.4 Å². The van der Waals surface area contributed by atoms with E-state index in [1.807, 2.05) is 20.8 Å². The zero-order chi connectivity index (χ0) is 17.9. The molecule has 0 aliphatic carbocycles. The van der Waals surface area contributed by atoms with E-state index in [0.717, 1.165) is 5.56 Å². The van der Waals surface area contributed by atoms with Gasteiger partial charge < -0.3 is 19.5 Å². The minimum absolute atomic E-state index is 0.0586. The smallest absolute Gasteiger partial charge is 0.410 e. The molecule has 6 heteroatoms. The molecular formula is C18H25NO5. The predicted octanol–water partition coefficient (Wildman–Crippen LogP) is 2.91. The molecule has 0 spiro atoms. The molecular weight excluding hydrogens is 310 g/mol. The molecule has 1 aliphatic rings. The number of carbonyl (C=O) groups is 2. The summed E-state index contributed by atoms with van der Waals surface area (Å²) in [4.78, 5) is 26.1. The van der Waals surface area contributed by atoms with Gasteiger partial charge in [0.25, 0.3) is 0 Å². The van der Waals surface area contributed by atoms with Crippen molar-refractivity contribution in [2.24, 2.45) is 5.92 Å². The Labute approximate surface area is 142 Å². The van der Waals surface area contributed by atoms with E-state index in [1.165, 1.54) is 7.11 Å². The van der Waals surface area contributed by atoms with Crippen LogP contribution in [0.3, 0.4) is 0 Å². The zero-order valence-corrected chi connectivity index (χ0v) is 14.6. The number of hydrogen-bond acceptors (Lipinski definition) is 5. The average molecular weight is 335 g/mol. The Morgan fingerprint density at radius 1 is 1.21 bits per heavy atom. The van der Waals surface area contributed by atoms with Crippen molar-refractivity contribution in [1.82, 2.24) is 4.90 Å². The second-order valence-corrected chi connectivity index (χ2v) is 7.04. The lowest BCUT2D eigenvalue weighted by Gasteiger charge is -2.37. The number of benzene rings is 1. The minimum atomic E-state index is -0.578. The van der Waals surface area contributed by atoms with Gasteiger partial charge in [-0.05, 0) is 44.9 Å². The number of likely N-dealkylation sites (tertiary alicyclic amines) is 1. The number of amides is 1. The van der Waals surface area contributed by atoms with Crippen molar-refractivity contribution in [2.45, 2.75) is 38.7 Å². The highest BCUT2D eigenvalue weighted by Crippen LogP contribution is 2.35. The first-order chi connectivity index (χ1) is 11.2. The molecule has 1 amide bonds. The van der Waals surface area contributed by atoms with E-state index in [4.69, 9.17) is 9.47 Å². The molecule has 1 fully saturated rings. The Hall–Kier alpha value is -2.24. The quantitative estimate of drug-likeness (QED) is 0.841. The topological polar surface area (TPSA) is 76.1 Å². The normalized spacial score (nSPS) is 21.2. The van der Waals surface area contributed by atoms with Crippen molar-refractivity contribution in [3.8, 4) is 5.75 Å². The molecule has 24 heavy (non-hydrogen) atoms. The molecule has 0 radical (unpaired) electrons. The van der Waals surface area contributed by atoms with Crippen LogP contribution in [0.25, 0.3) is 0 Å². The molecule has 0 saturated carbocycles. The van der Waals surface area contributed by atoms with Gasteiger partial charge in [-0.25, -0.2) is 4.79 Å². The summed E-state index contributed by atoms with van der Waals surface area (Å²) in [5.41, 5.74) is 0.373. The number of ether oxygens (including phenoxy) is 2. The molecule has 0 aromatic heterocycles. The number of nitrogens with zero attached hydrogens (tertiary/aromatic N) is 1. The van der Waals surface area contributed by atoms with Gasteiger partial charge in [-0.15, -0.1) is 0 Å². The van der Waals surface area contributed by atoms with Crippen LogP contribution in [-0.4, -0.2) is 47.9 Å². The number of rotatable bonds is 2. The first kappa shape index (κ1) is 18.1. The number of carbonyl (C=O) groups excluding carboxylic acids is 2. The van der Waals surface area contributed by atoms with Crippen molar-refractivity contribution in [3.63, 3.8) is 0 Å².